The molecule has 3 heterocycles. The Balaban J connectivity index is 2.03. The van der Waals surface area contributed by atoms with Crippen molar-refractivity contribution in [1.82, 2.24) is 19.5 Å². The van der Waals surface area contributed by atoms with Crippen LogP contribution in [0.3, 0.4) is 0 Å². The van der Waals surface area contributed by atoms with Crippen molar-refractivity contribution < 1.29 is 9.90 Å². The van der Waals surface area contributed by atoms with Crippen molar-refractivity contribution >= 4 is 33.3 Å². The van der Waals surface area contributed by atoms with Crippen molar-refractivity contribution in [1.29, 1.82) is 0 Å². The highest BCUT2D eigenvalue weighted by atomic mass is 32.1. The summed E-state index contributed by atoms with van der Waals surface area (Å²) in [5.41, 5.74) is 0.707. The lowest BCUT2D eigenvalue weighted by atomic mass is 10.2. The van der Waals surface area contributed by atoms with Crippen molar-refractivity contribution in [3.63, 3.8) is 0 Å². The third-order valence-electron chi connectivity index (χ3n) is 3.78. The Labute approximate surface area is 137 Å². The molecule has 0 aliphatic heterocycles. The molecule has 0 saturated heterocycles. The Morgan fingerprint density at radius 1 is 1.39 bits per heavy atom. The normalized spacial score (nSPS) is 11.1. The number of hydrogen-bond acceptors (Lipinski definition) is 6. The third-order valence-corrected chi connectivity index (χ3v) is 4.97. The van der Waals surface area contributed by atoms with E-state index < -0.39 is 5.97 Å². The maximum atomic E-state index is 11.3. The lowest BCUT2D eigenvalue weighted by molar-refractivity contribution is 0.0701. The van der Waals surface area contributed by atoms with E-state index >= 15 is 0 Å². The van der Waals surface area contributed by atoms with Gasteiger partial charge < -0.3 is 14.6 Å². The van der Waals surface area contributed by atoms with Crippen LogP contribution in [0.25, 0.3) is 10.2 Å². The van der Waals surface area contributed by atoms with E-state index in [0.717, 1.165) is 23.6 Å². The fourth-order valence-corrected chi connectivity index (χ4v) is 3.60. The second-order valence-electron chi connectivity index (χ2n) is 5.22. The minimum atomic E-state index is -0.930. The topological polar surface area (TPSA) is 84.1 Å². The number of fused-ring (bicyclic) bond motifs is 1. The smallest absolute Gasteiger partial charge is 0.346 e. The maximum absolute atomic E-state index is 11.3. The average molecular weight is 331 g/mol. The fourth-order valence-electron chi connectivity index (χ4n) is 2.61. The Morgan fingerprint density at radius 3 is 2.87 bits per heavy atom. The van der Waals surface area contributed by atoms with Gasteiger partial charge in [0.05, 0.1) is 11.9 Å². The van der Waals surface area contributed by atoms with E-state index in [1.165, 1.54) is 17.7 Å². The Kier molecular flexibility index (Phi) is 3.99. The number of carboxylic acid groups (broad SMARTS) is 1. The highest BCUT2D eigenvalue weighted by Gasteiger charge is 2.20. The first-order valence-electron chi connectivity index (χ1n) is 7.21. The Bertz CT molecular complexity index is 870. The first-order valence-corrected chi connectivity index (χ1v) is 8.03. The van der Waals surface area contributed by atoms with E-state index in [1.54, 1.807) is 13.1 Å². The fraction of sp³-hybridized carbons (Fsp3) is 0.333. The molecule has 0 unspecified atom stereocenters. The van der Waals surface area contributed by atoms with Gasteiger partial charge in [-0.05, 0) is 19.4 Å². The van der Waals surface area contributed by atoms with Crippen LogP contribution >= 0.6 is 11.3 Å². The van der Waals surface area contributed by atoms with E-state index in [1.807, 2.05) is 18.1 Å². The van der Waals surface area contributed by atoms with Gasteiger partial charge in [-0.1, -0.05) is 0 Å². The molecule has 3 aromatic rings. The highest BCUT2D eigenvalue weighted by molar-refractivity contribution is 7.20. The van der Waals surface area contributed by atoms with Gasteiger partial charge in [0.2, 0.25) is 0 Å². The van der Waals surface area contributed by atoms with E-state index in [2.05, 4.69) is 26.4 Å². The Morgan fingerprint density at radius 2 is 2.17 bits per heavy atom. The van der Waals surface area contributed by atoms with Gasteiger partial charge in [-0.25, -0.2) is 19.7 Å². The number of nitrogens with zero attached hydrogens (tertiary/aromatic N) is 5. The van der Waals surface area contributed by atoms with Crippen LogP contribution in [0.2, 0.25) is 0 Å². The quantitative estimate of drug-likeness (QED) is 0.773. The molecule has 0 spiro atoms. The molecule has 0 bridgehead atoms. The molecule has 3 aromatic heterocycles. The third kappa shape index (κ3) is 2.65. The number of anilines is 1. The van der Waals surface area contributed by atoms with Crippen LogP contribution in [0.15, 0.2) is 18.7 Å². The van der Waals surface area contributed by atoms with Gasteiger partial charge >= 0.3 is 5.97 Å². The van der Waals surface area contributed by atoms with Gasteiger partial charge in [-0.2, -0.15) is 0 Å². The molecular weight excluding hydrogens is 314 g/mol. The molecule has 0 radical (unpaired) electrons. The molecule has 0 aromatic carbocycles. The molecule has 8 heteroatoms. The zero-order chi connectivity index (χ0) is 16.6. The Hall–Kier alpha value is -2.48. The van der Waals surface area contributed by atoms with Crippen LogP contribution in [0.1, 0.15) is 28.0 Å². The number of aryl methyl sites for hydroxylation is 2. The SMILES string of the molecule is CCn1ccnc1CN(C)c1ncnc2sc(C(=O)O)c(C)c12. The number of carbonyl (C=O) groups is 1. The van der Waals surface area contributed by atoms with Crippen LogP contribution in [0.5, 0.6) is 0 Å². The number of carboxylic acids is 1. The molecule has 0 aliphatic carbocycles. The largest absolute Gasteiger partial charge is 0.477 e. The van der Waals surface area contributed by atoms with Crippen LogP contribution in [-0.2, 0) is 13.1 Å². The first kappa shape index (κ1) is 15.4. The summed E-state index contributed by atoms with van der Waals surface area (Å²) in [6.45, 7) is 5.31. The van der Waals surface area contributed by atoms with Crippen LogP contribution < -0.4 is 4.90 Å². The summed E-state index contributed by atoms with van der Waals surface area (Å²) in [5.74, 6) is 0.732. The predicted molar refractivity (Wildman–Crippen MR) is 89.1 cm³/mol. The second kappa shape index (κ2) is 5.96. The van der Waals surface area contributed by atoms with Gasteiger partial charge in [0, 0.05) is 26.0 Å². The first-order chi connectivity index (χ1) is 11.0. The molecule has 7 nitrogen and oxygen atoms in total. The summed E-state index contributed by atoms with van der Waals surface area (Å²) < 4.78 is 2.07. The molecule has 0 atom stereocenters. The van der Waals surface area contributed by atoms with Crippen molar-refractivity contribution in [3.05, 3.63) is 35.0 Å². The predicted octanol–water partition coefficient (Wildman–Crippen LogP) is 2.55. The number of aromatic carboxylic acids is 1. The van der Waals surface area contributed by atoms with Crippen molar-refractivity contribution in [2.24, 2.45) is 0 Å². The molecule has 120 valence electrons. The summed E-state index contributed by atoms with van der Waals surface area (Å²) in [4.78, 5) is 27.3. The maximum Gasteiger partial charge on any atom is 0.346 e. The lowest BCUT2D eigenvalue weighted by Gasteiger charge is -2.19. The van der Waals surface area contributed by atoms with Gasteiger partial charge in [0.15, 0.2) is 0 Å². The van der Waals surface area contributed by atoms with Gasteiger partial charge in [0.25, 0.3) is 0 Å². The summed E-state index contributed by atoms with van der Waals surface area (Å²) in [6.07, 6.45) is 5.19. The number of imidazole rings is 1. The zero-order valence-corrected chi connectivity index (χ0v) is 14.0. The van der Waals surface area contributed by atoms with Gasteiger partial charge in [0.1, 0.15) is 27.7 Å². The van der Waals surface area contributed by atoms with Crippen molar-refractivity contribution in [2.45, 2.75) is 26.9 Å². The van der Waals surface area contributed by atoms with Crippen LogP contribution in [-0.4, -0.2) is 37.6 Å². The number of hydrogen-bond donors (Lipinski definition) is 1. The second-order valence-corrected chi connectivity index (χ2v) is 6.22. The molecular formula is C15H17N5O2S. The zero-order valence-electron chi connectivity index (χ0n) is 13.1. The standard InChI is InChI=1S/C15H17N5O2S/c1-4-20-6-5-16-10(20)7-19(3)13-11-9(2)12(15(21)22)23-14(11)18-8-17-13/h5-6,8H,4,7H2,1-3H3,(H,21,22). The monoisotopic (exact) mass is 331 g/mol. The number of aromatic nitrogens is 4. The van der Waals surface area contributed by atoms with Gasteiger partial charge in [-0.15, -0.1) is 11.3 Å². The molecule has 0 amide bonds. The van der Waals surface area contributed by atoms with E-state index in [4.69, 9.17) is 0 Å². The molecule has 3 rings (SSSR count). The minimum absolute atomic E-state index is 0.310. The van der Waals surface area contributed by atoms with Crippen molar-refractivity contribution in [2.75, 3.05) is 11.9 Å². The number of rotatable bonds is 5. The summed E-state index contributed by atoms with van der Waals surface area (Å²) >= 11 is 1.18. The molecule has 0 saturated carbocycles. The van der Waals surface area contributed by atoms with E-state index in [0.29, 0.717) is 21.8 Å². The summed E-state index contributed by atoms with van der Waals surface area (Å²) in [5, 5.41) is 10.1. The molecule has 23 heavy (non-hydrogen) atoms. The number of thiophene rings is 1. The van der Waals surface area contributed by atoms with Crippen LogP contribution in [0, 0.1) is 6.92 Å². The molecule has 0 aliphatic rings. The lowest BCUT2D eigenvalue weighted by Crippen LogP contribution is -2.21. The van der Waals surface area contributed by atoms with Gasteiger partial charge in [-0.3, -0.25) is 0 Å². The molecule has 1 N–H and O–H groups in total. The minimum Gasteiger partial charge on any atom is -0.477 e. The molecule has 0 fully saturated rings. The van der Waals surface area contributed by atoms with E-state index in [9.17, 15) is 9.90 Å². The summed E-state index contributed by atoms with van der Waals surface area (Å²) in [7, 11) is 1.92. The average Bonchev–Trinajstić information content (AvgIpc) is 3.11. The van der Waals surface area contributed by atoms with E-state index in [-0.39, 0.29) is 0 Å². The van der Waals surface area contributed by atoms with Crippen molar-refractivity contribution in [3.8, 4) is 0 Å². The van der Waals surface area contributed by atoms with Crippen LogP contribution in [0.4, 0.5) is 5.82 Å². The highest BCUT2D eigenvalue weighted by Crippen LogP contribution is 2.34. The summed E-state index contributed by atoms with van der Waals surface area (Å²) in [6, 6.07) is 0.